The summed E-state index contributed by atoms with van der Waals surface area (Å²) < 4.78 is 0. The Morgan fingerprint density at radius 1 is 1.12 bits per heavy atom. The molecular formula is C15H19N. The third-order valence-electron chi connectivity index (χ3n) is 4.03. The maximum atomic E-state index is 2.48. The minimum Gasteiger partial charge on any atom is -0.305 e. The van der Waals surface area contributed by atoms with E-state index in [0.29, 0.717) is 0 Å². The molecule has 1 nitrogen and oxygen atoms in total. The van der Waals surface area contributed by atoms with Crippen LogP contribution in [0.2, 0.25) is 0 Å². The van der Waals surface area contributed by atoms with Gasteiger partial charge in [0.2, 0.25) is 0 Å². The van der Waals surface area contributed by atoms with Gasteiger partial charge in [0, 0.05) is 19.0 Å². The van der Waals surface area contributed by atoms with Gasteiger partial charge in [-0.1, -0.05) is 36.4 Å². The molecule has 1 aromatic carbocycles. The van der Waals surface area contributed by atoms with Crippen molar-refractivity contribution in [3.63, 3.8) is 0 Å². The summed E-state index contributed by atoms with van der Waals surface area (Å²) in [7, 11) is 2.25. The van der Waals surface area contributed by atoms with Gasteiger partial charge in [0.05, 0.1) is 0 Å². The van der Waals surface area contributed by atoms with Crippen molar-refractivity contribution in [2.75, 3.05) is 20.1 Å². The minimum atomic E-state index is 0.779. The fourth-order valence-corrected chi connectivity index (χ4v) is 3.30. The second kappa shape index (κ2) is 4.06. The summed E-state index contributed by atoms with van der Waals surface area (Å²) in [4.78, 5) is 2.48. The molecule has 3 rings (SSSR count). The molecule has 0 radical (unpaired) electrons. The Labute approximate surface area is 97.8 Å². The van der Waals surface area contributed by atoms with Gasteiger partial charge in [-0.15, -0.1) is 0 Å². The van der Waals surface area contributed by atoms with Crippen LogP contribution in [0.3, 0.4) is 0 Å². The summed E-state index contributed by atoms with van der Waals surface area (Å²) >= 11 is 0. The predicted octanol–water partition coefficient (Wildman–Crippen LogP) is 3.04. The first-order valence-corrected chi connectivity index (χ1v) is 6.28. The quantitative estimate of drug-likeness (QED) is 0.693. The van der Waals surface area contributed by atoms with Crippen molar-refractivity contribution in [3.05, 3.63) is 42.0 Å². The molecule has 1 heterocycles. The number of rotatable bonds is 1. The second-order valence-electron chi connectivity index (χ2n) is 5.19. The Bertz CT molecular complexity index is 393. The predicted molar refractivity (Wildman–Crippen MR) is 68.1 cm³/mol. The fraction of sp³-hybridized carbons (Fsp3) is 0.467. The molecule has 1 aliphatic carbocycles. The van der Waals surface area contributed by atoms with Crippen LogP contribution in [0.1, 0.15) is 18.4 Å². The van der Waals surface area contributed by atoms with Gasteiger partial charge in [-0.2, -0.15) is 0 Å². The third-order valence-corrected chi connectivity index (χ3v) is 4.03. The fourth-order valence-electron chi connectivity index (χ4n) is 3.30. The maximum Gasteiger partial charge on any atom is 0.00506 e. The summed E-state index contributed by atoms with van der Waals surface area (Å²) in [5.74, 6) is 1.67. The van der Waals surface area contributed by atoms with Gasteiger partial charge >= 0.3 is 0 Å². The number of fused-ring (bicyclic) bond motifs is 1. The first-order chi connectivity index (χ1) is 7.84. The average Bonchev–Trinajstić information content (AvgIpc) is 2.70. The average molecular weight is 213 g/mol. The minimum absolute atomic E-state index is 0.779. The van der Waals surface area contributed by atoms with Crippen molar-refractivity contribution in [2.45, 2.75) is 12.8 Å². The van der Waals surface area contributed by atoms with Gasteiger partial charge in [-0.3, -0.25) is 0 Å². The smallest absolute Gasteiger partial charge is 0.00506 e. The van der Waals surface area contributed by atoms with E-state index in [1.54, 1.807) is 5.57 Å². The first-order valence-electron chi connectivity index (χ1n) is 6.28. The molecule has 16 heavy (non-hydrogen) atoms. The van der Waals surface area contributed by atoms with Crippen LogP contribution in [0, 0.1) is 11.8 Å². The highest BCUT2D eigenvalue weighted by Crippen LogP contribution is 2.40. The van der Waals surface area contributed by atoms with Gasteiger partial charge in [-0.05, 0) is 36.9 Å². The van der Waals surface area contributed by atoms with Crippen LogP contribution in [-0.2, 0) is 0 Å². The molecule has 0 aromatic heterocycles. The van der Waals surface area contributed by atoms with Gasteiger partial charge in [-0.25, -0.2) is 0 Å². The standard InChI is InChI=1S/C15H19N/c1-16-10-13-8-5-9-14(15(13)11-16)12-6-3-2-4-7-12/h2-4,6-7,9,13,15H,5,8,10-11H2,1H3/t13-,15-/m1/s1. The van der Waals surface area contributed by atoms with Gasteiger partial charge in [0.25, 0.3) is 0 Å². The molecule has 2 aliphatic rings. The van der Waals surface area contributed by atoms with Crippen LogP contribution in [0.4, 0.5) is 0 Å². The van der Waals surface area contributed by atoms with E-state index in [1.807, 2.05) is 0 Å². The maximum absolute atomic E-state index is 2.48. The highest BCUT2D eigenvalue weighted by molar-refractivity contribution is 5.68. The molecule has 1 fully saturated rings. The highest BCUT2D eigenvalue weighted by Gasteiger charge is 2.35. The van der Waals surface area contributed by atoms with E-state index in [2.05, 4.69) is 48.4 Å². The Hall–Kier alpha value is -1.08. The zero-order valence-electron chi connectivity index (χ0n) is 9.89. The van der Waals surface area contributed by atoms with Crippen LogP contribution < -0.4 is 0 Å². The molecule has 0 bridgehead atoms. The molecule has 0 N–H and O–H groups in total. The Morgan fingerprint density at radius 2 is 1.94 bits per heavy atom. The molecule has 84 valence electrons. The summed E-state index contributed by atoms with van der Waals surface area (Å²) in [6, 6.07) is 10.9. The summed E-state index contributed by atoms with van der Waals surface area (Å²) in [6.07, 6.45) is 5.11. The molecule has 0 saturated carbocycles. The summed E-state index contributed by atoms with van der Waals surface area (Å²) in [5, 5.41) is 0. The Kier molecular flexibility index (Phi) is 2.56. The van der Waals surface area contributed by atoms with Crippen LogP contribution in [-0.4, -0.2) is 25.0 Å². The van der Waals surface area contributed by atoms with E-state index in [0.717, 1.165) is 11.8 Å². The van der Waals surface area contributed by atoms with Crippen LogP contribution >= 0.6 is 0 Å². The highest BCUT2D eigenvalue weighted by atomic mass is 15.1. The normalized spacial score (nSPS) is 29.9. The van der Waals surface area contributed by atoms with Crippen molar-refractivity contribution in [1.82, 2.24) is 4.90 Å². The lowest BCUT2D eigenvalue weighted by Gasteiger charge is -2.26. The number of hydrogen-bond donors (Lipinski definition) is 0. The number of nitrogens with zero attached hydrogens (tertiary/aromatic N) is 1. The lowest BCUT2D eigenvalue weighted by Crippen LogP contribution is -2.17. The molecule has 0 spiro atoms. The molecule has 2 atom stereocenters. The number of likely N-dealkylation sites (tertiary alicyclic amines) is 1. The van der Waals surface area contributed by atoms with E-state index in [1.165, 1.54) is 31.5 Å². The van der Waals surface area contributed by atoms with E-state index < -0.39 is 0 Å². The zero-order valence-corrected chi connectivity index (χ0v) is 9.89. The van der Waals surface area contributed by atoms with E-state index in [-0.39, 0.29) is 0 Å². The molecule has 1 heteroatoms. The SMILES string of the molecule is CN1C[C@H]2CCC=C(c3ccccc3)[C@@H]2C1. The van der Waals surface area contributed by atoms with Crippen molar-refractivity contribution >= 4 is 5.57 Å². The van der Waals surface area contributed by atoms with Crippen molar-refractivity contribution in [2.24, 2.45) is 11.8 Å². The lowest BCUT2D eigenvalue weighted by atomic mass is 9.78. The molecule has 1 aliphatic heterocycles. The lowest BCUT2D eigenvalue weighted by molar-refractivity contribution is 0.388. The Balaban J connectivity index is 1.93. The number of benzene rings is 1. The van der Waals surface area contributed by atoms with Gasteiger partial charge in [0.1, 0.15) is 0 Å². The molecular weight excluding hydrogens is 194 g/mol. The van der Waals surface area contributed by atoms with Crippen LogP contribution in [0.25, 0.3) is 5.57 Å². The first kappa shape index (κ1) is 10.1. The van der Waals surface area contributed by atoms with E-state index in [4.69, 9.17) is 0 Å². The Morgan fingerprint density at radius 3 is 2.75 bits per heavy atom. The monoisotopic (exact) mass is 213 g/mol. The molecule has 1 aromatic rings. The van der Waals surface area contributed by atoms with Crippen molar-refractivity contribution < 1.29 is 0 Å². The van der Waals surface area contributed by atoms with Crippen LogP contribution in [0.15, 0.2) is 36.4 Å². The molecule has 0 unspecified atom stereocenters. The number of allylic oxidation sites excluding steroid dienone is 1. The van der Waals surface area contributed by atoms with Crippen molar-refractivity contribution in [3.8, 4) is 0 Å². The summed E-state index contributed by atoms with van der Waals surface area (Å²) in [5.41, 5.74) is 3.04. The molecule has 0 amide bonds. The molecule has 1 saturated heterocycles. The van der Waals surface area contributed by atoms with Crippen molar-refractivity contribution in [1.29, 1.82) is 0 Å². The van der Waals surface area contributed by atoms with Gasteiger partial charge < -0.3 is 4.90 Å². The summed E-state index contributed by atoms with van der Waals surface area (Å²) in [6.45, 7) is 2.53. The largest absolute Gasteiger partial charge is 0.305 e. The number of hydrogen-bond acceptors (Lipinski definition) is 1. The van der Waals surface area contributed by atoms with E-state index in [9.17, 15) is 0 Å². The van der Waals surface area contributed by atoms with E-state index >= 15 is 0 Å². The third kappa shape index (κ3) is 1.69. The topological polar surface area (TPSA) is 3.24 Å². The van der Waals surface area contributed by atoms with Gasteiger partial charge in [0.15, 0.2) is 0 Å². The second-order valence-corrected chi connectivity index (χ2v) is 5.19. The zero-order chi connectivity index (χ0) is 11.0. The van der Waals surface area contributed by atoms with Crippen LogP contribution in [0.5, 0.6) is 0 Å².